The number of hydrogen-bond acceptors (Lipinski definition) is 4. The molecule has 0 aliphatic carbocycles. The van der Waals surface area contributed by atoms with Gasteiger partial charge in [0.2, 0.25) is 4.11 Å². The fourth-order valence-corrected chi connectivity index (χ4v) is 1.03. The fraction of sp³-hybridized carbons (Fsp3) is 0.636. The van der Waals surface area contributed by atoms with Gasteiger partial charge in [-0.3, -0.25) is 0 Å². The van der Waals surface area contributed by atoms with Crippen LogP contribution >= 0.6 is 22.6 Å². The third-order valence-corrected chi connectivity index (χ3v) is 2.05. The summed E-state index contributed by atoms with van der Waals surface area (Å²) in [7, 11) is 0. The van der Waals surface area contributed by atoms with E-state index in [4.69, 9.17) is 15.9 Å². The van der Waals surface area contributed by atoms with Crippen molar-refractivity contribution in [2.24, 2.45) is 0 Å². The van der Waals surface area contributed by atoms with Gasteiger partial charge in [0.1, 0.15) is 11.6 Å². The monoisotopic (exact) mass is 353 g/mol. The summed E-state index contributed by atoms with van der Waals surface area (Å²) in [5.74, 6) is 1.64. The third-order valence-electron chi connectivity index (χ3n) is 1.44. The molecule has 0 saturated heterocycles. The van der Waals surface area contributed by atoms with E-state index in [0.717, 1.165) is 0 Å². The Bertz CT molecular complexity index is 329. The number of amides is 1. The molecule has 6 heteroatoms. The first-order valence-corrected chi connectivity index (χ1v) is 6.20. The number of rotatable bonds is 3. The van der Waals surface area contributed by atoms with Crippen LogP contribution in [0.3, 0.4) is 0 Å². The normalized spacial score (nSPS) is 14.1. The van der Waals surface area contributed by atoms with Gasteiger partial charge < -0.3 is 14.8 Å². The van der Waals surface area contributed by atoms with Crippen molar-refractivity contribution < 1.29 is 19.1 Å². The smallest absolute Gasteiger partial charge is 0.408 e. The van der Waals surface area contributed by atoms with Gasteiger partial charge in [-0.15, -0.1) is 6.42 Å². The Hall–Kier alpha value is -0.970. The Labute approximate surface area is 115 Å². The van der Waals surface area contributed by atoms with Crippen LogP contribution in [0.4, 0.5) is 4.79 Å². The summed E-state index contributed by atoms with van der Waals surface area (Å²) in [6.45, 7) is 6.68. The zero-order valence-electron chi connectivity index (χ0n) is 10.2. The average molecular weight is 353 g/mol. The van der Waals surface area contributed by atoms with Gasteiger partial charge >= 0.3 is 12.1 Å². The number of terminal acetylenes is 1. The van der Waals surface area contributed by atoms with E-state index in [1.54, 1.807) is 43.4 Å². The molecule has 1 unspecified atom stereocenters. The zero-order chi connectivity index (χ0) is 13.6. The highest BCUT2D eigenvalue weighted by Crippen LogP contribution is 2.07. The Morgan fingerprint density at radius 3 is 2.35 bits per heavy atom. The molecule has 0 fully saturated rings. The molecule has 2 atom stereocenters. The first-order chi connectivity index (χ1) is 7.65. The van der Waals surface area contributed by atoms with Crippen LogP contribution in [-0.2, 0) is 14.3 Å². The summed E-state index contributed by atoms with van der Waals surface area (Å²) < 4.78 is 9.17. The second kappa shape index (κ2) is 6.69. The minimum Gasteiger partial charge on any atom is -0.444 e. The number of alkyl carbamates (subject to hydrolysis) is 1. The first kappa shape index (κ1) is 16.0. The molecule has 5 nitrogen and oxygen atoms in total. The largest absolute Gasteiger partial charge is 0.444 e. The van der Waals surface area contributed by atoms with Crippen molar-refractivity contribution in [1.29, 1.82) is 0 Å². The lowest BCUT2D eigenvalue weighted by Gasteiger charge is -2.21. The summed E-state index contributed by atoms with van der Waals surface area (Å²) in [5, 5.41) is 2.36. The molecule has 0 aliphatic heterocycles. The Balaban J connectivity index is 4.18. The highest BCUT2D eigenvalue weighted by atomic mass is 127. The van der Waals surface area contributed by atoms with E-state index in [0.29, 0.717) is 0 Å². The molecule has 0 bridgehead atoms. The number of nitrogens with one attached hydrogen (secondary N) is 1. The minimum absolute atomic E-state index is 0.604. The molecule has 0 aromatic carbocycles. The third kappa shape index (κ3) is 7.85. The fourth-order valence-electron chi connectivity index (χ4n) is 0.781. The van der Waals surface area contributed by atoms with Gasteiger partial charge in [0, 0.05) is 0 Å². The van der Waals surface area contributed by atoms with Crippen molar-refractivity contribution in [3.05, 3.63) is 0 Å². The van der Waals surface area contributed by atoms with E-state index in [2.05, 4.69) is 11.2 Å². The van der Waals surface area contributed by atoms with E-state index in [-0.39, 0.29) is 0 Å². The molecule has 0 radical (unpaired) electrons. The molecule has 0 aromatic rings. The second-order valence-electron chi connectivity index (χ2n) is 4.29. The number of carbonyl (C=O) groups excluding carboxylic acids is 2. The maximum absolute atomic E-state index is 11.4. The molecule has 1 amide bonds. The van der Waals surface area contributed by atoms with Crippen LogP contribution in [0.15, 0.2) is 0 Å². The maximum atomic E-state index is 11.4. The van der Waals surface area contributed by atoms with Crippen molar-refractivity contribution in [2.75, 3.05) is 0 Å². The van der Waals surface area contributed by atoms with E-state index in [9.17, 15) is 9.59 Å². The average Bonchev–Trinajstić information content (AvgIpc) is 2.14. The molecule has 1 N–H and O–H groups in total. The lowest BCUT2D eigenvalue weighted by molar-refractivity contribution is -0.144. The first-order valence-electron chi connectivity index (χ1n) is 4.96. The van der Waals surface area contributed by atoms with Crippen LogP contribution < -0.4 is 5.32 Å². The van der Waals surface area contributed by atoms with Gasteiger partial charge in [0.15, 0.2) is 0 Å². The van der Waals surface area contributed by atoms with Crippen LogP contribution in [0.2, 0.25) is 0 Å². The highest BCUT2D eigenvalue weighted by Gasteiger charge is 2.22. The van der Waals surface area contributed by atoms with Gasteiger partial charge in [-0.05, 0) is 50.3 Å². The molecule has 0 aliphatic rings. The summed E-state index contributed by atoms with van der Waals surface area (Å²) in [6, 6.07) is -0.810. The van der Waals surface area contributed by atoms with Gasteiger partial charge in [-0.25, -0.2) is 9.59 Å². The predicted molar refractivity (Wildman–Crippen MR) is 71.6 cm³/mol. The lowest BCUT2D eigenvalue weighted by Crippen LogP contribution is -2.42. The number of carbonyl (C=O) groups is 2. The molecular weight excluding hydrogens is 337 g/mol. The van der Waals surface area contributed by atoms with Gasteiger partial charge in [0.25, 0.3) is 0 Å². The van der Waals surface area contributed by atoms with Gasteiger partial charge in [-0.2, -0.15) is 0 Å². The van der Waals surface area contributed by atoms with Crippen molar-refractivity contribution in [2.45, 2.75) is 43.4 Å². The molecule has 17 heavy (non-hydrogen) atoms. The van der Waals surface area contributed by atoms with Crippen LogP contribution in [-0.4, -0.2) is 27.8 Å². The molecule has 0 heterocycles. The van der Waals surface area contributed by atoms with Crippen LogP contribution in [0.1, 0.15) is 27.7 Å². The number of alkyl halides is 1. The highest BCUT2D eigenvalue weighted by molar-refractivity contribution is 14.1. The Morgan fingerprint density at radius 1 is 1.41 bits per heavy atom. The molecule has 0 spiro atoms. The molecule has 0 aromatic heterocycles. The van der Waals surface area contributed by atoms with Crippen molar-refractivity contribution in [3.63, 3.8) is 0 Å². The molecule has 0 rings (SSSR count). The zero-order valence-corrected chi connectivity index (χ0v) is 12.4. The quantitative estimate of drug-likeness (QED) is 0.364. The number of ether oxygens (including phenoxy) is 2. The van der Waals surface area contributed by atoms with Crippen LogP contribution in [0, 0.1) is 12.3 Å². The summed E-state index contributed by atoms with van der Waals surface area (Å²) in [5.41, 5.74) is -0.613. The van der Waals surface area contributed by atoms with E-state index in [1.807, 2.05) is 0 Å². The standard InChI is InChI=1S/C11H16INO4/c1-6-8(12)16-9(14)7(2)13-10(15)17-11(3,4)5/h1,7-8H,2-5H3,(H,13,15)/t7-,8?/m0/s1. The lowest BCUT2D eigenvalue weighted by atomic mass is 10.2. The maximum Gasteiger partial charge on any atom is 0.408 e. The van der Waals surface area contributed by atoms with Crippen molar-refractivity contribution >= 4 is 34.7 Å². The van der Waals surface area contributed by atoms with Crippen LogP contribution in [0.25, 0.3) is 0 Å². The summed E-state index contributed by atoms with van der Waals surface area (Å²) >= 11 is 1.79. The molecule has 96 valence electrons. The number of hydrogen-bond donors (Lipinski definition) is 1. The molecular formula is C11H16INO4. The van der Waals surface area contributed by atoms with E-state index in [1.165, 1.54) is 6.92 Å². The molecule has 0 saturated carbocycles. The Morgan fingerprint density at radius 2 is 1.94 bits per heavy atom. The number of halogens is 1. The number of esters is 1. The van der Waals surface area contributed by atoms with Crippen molar-refractivity contribution in [1.82, 2.24) is 5.32 Å². The summed E-state index contributed by atoms with van der Waals surface area (Å²) in [6.07, 6.45) is 4.38. The second-order valence-corrected chi connectivity index (χ2v) is 5.42. The van der Waals surface area contributed by atoms with Crippen LogP contribution in [0.5, 0.6) is 0 Å². The topological polar surface area (TPSA) is 64.6 Å². The SMILES string of the molecule is C#CC(I)OC(=O)[C@H](C)NC(=O)OC(C)(C)C. The Kier molecular flexibility index (Phi) is 6.31. The summed E-state index contributed by atoms with van der Waals surface area (Å²) in [4.78, 5) is 22.8. The van der Waals surface area contributed by atoms with E-state index >= 15 is 0 Å². The van der Waals surface area contributed by atoms with Crippen molar-refractivity contribution in [3.8, 4) is 12.3 Å². The minimum atomic E-state index is -0.810. The van der Waals surface area contributed by atoms with Gasteiger partial charge in [-0.1, -0.05) is 5.92 Å². The van der Waals surface area contributed by atoms with Gasteiger partial charge in [0.05, 0.1) is 0 Å². The van der Waals surface area contributed by atoms with E-state index < -0.39 is 27.8 Å². The predicted octanol–water partition coefficient (Wildman–Crippen LogP) is 1.84.